The van der Waals surface area contributed by atoms with Crippen LogP contribution >= 0.6 is 0 Å². The smallest absolute Gasteiger partial charge is 0.123 e. The molecule has 0 aromatic heterocycles. The maximum Gasteiger partial charge on any atom is 0.123 e. The molecule has 1 nitrogen and oxygen atoms in total. The number of rotatable bonds is 3. The molecule has 0 saturated carbocycles. The molecule has 1 fully saturated rings. The lowest BCUT2D eigenvalue weighted by Gasteiger charge is -2.43. The van der Waals surface area contributed by atoms with Crippen LogP contribution in [0.3, 0.4) is 0 Å². The van der Waals surface area contributed by atoms with Gasteiger partial charge in [0, 0.05) is 18.5 Å². The number of benzene rings is 2. The van der Waals surface area contributed by atoms with Gasteiger partial charge in [-0.15, -0.1) is 0 Å². The number of nitrogens with one attached hydrogen (secondary N) is 1. The maximum absolute atomic E-state index is 13.4. The molecule has 1 aliphatic heterocycles. The van der Waals surface area contributed by atoms with Crippen molar-refractivity contribution < 1.29 is 4.39 Å². The van der Waals surface area contributed by atoms with Crippen LogP contribution in [0.15, 0.2) is 48.5 Å². The van der Waals surface area contributed by atoms with Crippen LogP contribution in [-0.4, -0.2) is 13.1 Å². The Kier molecular flexibility index (Phi) is 3.11. The van der Waals surface area contributed by atoms with Gasteiger partial charge >= 0.3 is 0 Å². The molecule has 1 saturated heterocycles. The molecule has 0 unspecified atom stereocenters. The lowest BCUT2D eigenvalue weighted by molar-refractivity contribution is 0.274. The molecule has 0 spiro atoms. The van der Waals surface area contributed by atoms with Gasteiger partial charge in [-0.1, -0.05) is 42.0 Å². The van der Waals surface area contributed by atoms with Crippen LogP contribution < -0.4 is 5.32 Å². The van der Waals surface area contributed by atoms with Crippen molar-refractivity contribution in [3.05, 3.63) is 71.0 Å². The van der Waals surface area contributed by atoms with Crippen LogP contribution in [0.25, 0.3) is 0 Å². The predicted molar refractivity (Wildman–Crippen MR) is 75.8 cm³/mol. The van der Waals surface area contributed by atoms with Gasteiger partial charge in [0.25, 0.3) is 0 Å². The molecule has 0 bridgehead atoms. The van der Waals surface area contributed by atoms with E-state index in [0.29, 0.717) is 0 Å². The fourth-order valence-electron chi connectivity index (χ4n) is 2.77. The van der Waals surface area contributed by atoms with Crippen molar-refractivity contribution in [1.29, 1.82) is 0 Å². The summed E-state index contributed by atoms with van der Waals surface area (Å²) in [7, 11) is 0. The minimum Gasteiger partial charge on any atom is -0.315 e. The van der Waals surface area contributed by atoms with Gasteiger partial charge in [-0.25, -0.2) is 4.39 Å². The predicted octanol–water partition coefficient (Wildman–Crippen LogP) is 3.22. The highest BCUT2D eigenvalue weighted by molar-refractivity contribution is 5.34. The quantitative estimate of drug-likeness (QED) is 0.888. The molecule has 1 N–H and O–H groups in total. The highest BCUT2D eigenvalue weighted by atomic mass is 19.1. The molecule has 1 heterocycles. The second kappa shape index (κ2) is 4.78. The second-order valence-electron chi connectivity index (χ2n) is 5.56. The Morgan fingerprint density at radius 2 is 1.84 bits per heavy atom. The molecule has 3 rings (SSSR count). The second-order valence-corrected chi connectivity index (χ2v) is 5.56. The summed E-state index contributed by atoms with van der Waals surface area (Å²) >= 11 is 0. The van der Waals surface area contributed by atoms with Crippen molar-refractivity contribution >= 4 is 0 Å². The summed E-state index contributed by atoms with van der Waals surface area (Å²) in [5.41, 5.74) is 3.75. The van der Waals surface area contributed by atoms with Gasteiger partial charge in [-0.05, 0) is 36.6 Å². The third kappa shape index (κ3) is 2.41. The van der Waals surface area contributed by atoms with Crippen molar-refractivity contribution in [3.8, 4) is 0 Å². The lowest BCUT2D eigenvalue weighted by Crippen LogP contribution is -2.58. The Hall–Kier alpha value is -1.67. The van der Waals surface area contributed by atoms with Crippen LogP contribution in [0.2, 0.25) is 0 Å². The highest BCUT2D eigenvalue weighted by Gasteiger charge is 2.38. The zero-order valence-electron chi connectivity index (χ0n) is 11.1. The van der Waals surface area contributed by atoms with Gasteiger partial charge in [-0.3, -0.25) is 0 Å². The van der Waals surface area contributed by atoms with Crippen molar-refractivity contribution in [3.63, 3.8) is 0 Å². The average molecular weight is 255 g/mol. The summed E-state index contributed by atoms with van der Waals surface area (Å²) in [5.74, 6) is -0.146. The van der Waals surface area contributed by atoms with E-state index in [1.807, 2.05) is 6.07 Å². The normalized spacial score (nSPS) is 16.9. The fourth-order valence-corrected chi connectivity index (χ4v) is 2.77. The standard InChI is InChI=1S/C17H18FN/c1-13-5-7-14(8-6-13)10-17(11-19-12-17)15-3-2-4-16(18)9-15/h2-9,19H,10-12H2,1H3. The van der Waals surface area contributed by atoms with Gasteiger partial charge < -0.3 is 5.32 Å². The Balaban J connectivity index is 1.89. The van der Waals surface area contributed by atoms with Gasteiger partial charge in [-0.2, -0.15) is 0 Å². The van der Waals surface area contributed by atoms with Crippen LogP contribution in [0.5, 0.6) is 0 Å². The molecule has 0 atom stereocenters. The Morgan fingerprint density at radius 3 is 2.42 bits per heavy atom. The third-order valence-corrected chi connectivity index (χ3v) is 4.03. The zero-order valence-corrected chi connectivity index (χ0v) is 11.1. The van der Waals surface area contributed by atoms with Gasteiger partial charge in [0.15, 0.2) is 0 Å². The van der Waals surface area contributed by atoms with E-state index >= 15 is 0 Å². The van der Waals surface area contributed by atoms with E-state index in [1.54, 1.807) is 12.1 Å². The van der Waals surface area contributed by atoms with E-state index in [-0.39, 0.29) is 11.2 Å². The first-order chi connectivity index (χ1) is 9.18. The first kappa shape index (κ1) is 12.4. The molecule has 1 aliphatic rings. The molecule has 0 amide bonds. The van der Waals surface area contributed by atoms with E-state index < -0.39 is 0 Å². The fraction of sp³-hybridized carbons (Fsp3) is 0.294. The molecular weight excluding hydrogens is 237 g/mol. The van der Waals surface area contributed by atoms with E-state index in [2.05, 4.69) is 36.5 Å². The summed E-state index contributed by atoms with van der Waals surface area (Å²) in [6, 6.07) is 15.7. The average Bonchev–Trinajstić information content (AvgIpc) is 2.36. The Morgan fingerprint density at radius 1 is 1.11 bits per heavy atom. The number of halogens is 1. The Bertz CT molecular complexity index is 570. The van der Waals surface area contributed by atoms with E-state index in [1.165, 1.54) is 17.2 Å². The SMILES string of the molecule is Cc1ccc(CC2(c3cccc(F)c3)CNC2)cc1. The molecule has 98 valence electrons. The lowest BCUT2D eigenvalue weighted by atomic mass is 9.71. The van der Waals surface area contributed by atoms with Crippen molar-refractivity contribution in [2.75, 3.05) is 13.1 Å². The first-order valence-corrected chi connectivity index (χ1v) is 6.70. The monoisotopic (exact) mass is 255 g/mol. The molecule has 19 heavy (non-hydrogen) atoms. The molecule has 2 aromatic carbocycles. The molecule has 2 heteroatoms. The van der Waals surface area contributed by atoms with Gasteiger partial charge in [0.2, 0.25) is 0 Å². The number of hydrogen-bond acceptors (Lipinski definition) is 1. The van der Waals surface area contributed by atoms with Crippen molar-refractivity contribution in [1.82, 2.24) is 5.32 Å². The first-order valence-electron chi connectivity index (χ1n) is 6.70. The minimum atomic E-state index is -0.146. The number of aryl methyl sites for hydroxylation is 1. The minimum absolute atomic E-state index is 0.0529. The van der Waals surface area contributed by atoms with Crippen molar-refractivity contribution in [2.24, 2.45) is 0 Å². The Labute approximate surface area is 113 Å². The molecule has 0 aliphatic carbocycles. The summed E-state index contributed by atoms with van der Waals surface area (Å²) in [5, 5.41) is 3.33. The van der Waals surface area contributed by atoms with Crippen molar-refractivity contribution in [2.45, 2.75) is 18.8 Å². The summed E-state index contributed by atoms with van der Waals surface area (Å²) in [6.45, 7) is 3.94. The molecular formula is C17H18FN. The van der Waals surface area contributed by atoms with Gasteiger partial charge in [0.05, 0.1) is 0 Å². The van der Waals surface area contributed by atoms with Crippen LogP contribution in [0.4, 0.5) is 4.39 Å². The third-order valence-electron chi connectivity index (χ3n) is 4.03. The van der Waals surface area contributed by atoms with Crippen LogP contribution in [0, 0.1) is 12.7 Å². The van der Waals surface area contributed by atoms with E-state index in [0.717, 1.165) is 25.1 Å². The van der Waals surface area contributed by atoms with Crippen LogP contribution in [-0.2, 0) is 11.8 Å². The molecule has 0 radical (unpaired) electrons. The highest BCUT2D eigenvalue weighted by Crippen LogP contribution is 2.32. The summed E-state index contributed by atoms with van der Waals surface area (Å²) in [6.07, 6.45) is 0.962. The molecule has 2 aromatic rings. The van der Waals surface area contributed by atoms with E-state index in [4.69, 9.17) is 0 Å². The maximum atomic E-state index is 13.4. The topological polar surface area (TPSA) is 12.0 Å². The zero-order chi connectivity index (χ0) is 13.3. The summed E-state index contributed by atoms with van der Waals surface area (Å²) < 4.78 is 13.4. The van der Waals surface area contributed by atoms with Crippen LogP contribution in [0.1, 0.15) is 16.7 Å². The van der Waals surface area contributed by atoms with Gasteiger partial charge in [0.1, 0.15) is 5.82 Å². The largest absolute Gasteiger partial charge is 0.315 e. The van der Waals surface area contributed by atoms with E-state index in [9.17, 15) is 4.39 Å². The number of hydrogen-bond donors (Lipinski definition) is 1. The summed E-state index contributed by atoms with van der Waals surface area (Å²) in [4.78, 5) is 0.